The minimum atomic E-state index is -0.153. The van der Waals surface area contributed by atoms with Gasteiger partial charge in [0.2, 0.25) is 5.91 Å². The highest BCUT2D eigenvalue weighted by molar-refractivity contribution is 6.04. The van der Waals surface area contributed by atoms with Crippen molar-refractivity contribution in [3.05, 3.63) is 54.1 Å². The molecule has 2 aliphatic rings. The van der Waals surface area contributed by atoms with E-state index in [9.17, 15) is 9.59 Å². The third-order valence-corrected chi connectivity index (χ3v) is 5.64. The maximum Gasteiger partial charge on any atom is 0.255 e. The van der Waals surface area contributed by atoms with Gasteiger partial charge < -0.3 is 15.5 Å². The summed E-state index contributed by atoms with van der Waals surface area (Å²) >= 11 is 0. The highest BCUT2D eigenvalue weighted by Crippen LogP contribution is 2.30. The van der Waals surface area contributed by atoms with E-state index in [1.165, 1.54) is 18.5 Å². The summed E-state index contributed by atoms with van der Waals surface area (Å²) in [6.07, 6.45) is 4.41. The van der Waals surface area contributed by atoms with Crippen LogP contribution in [0.1, 0.15) is 43.0 Å². The number of hydrogen-bond acceptors (Lipinski definition) is 3. The summed E-state index contributed by atoms with van der Waals surface area (Å²) in [6.45, 7) is 4.50. The molecule has 1 aliphatic carbocycles. The molecule has 2 amide bonds. The van der Waals surface area contributed by atoms with Gasteiger partial charge in [0, 0.05) is 41.6 Å². The van der Waals surface area contributed by atoms with E-state index in [1.807, 2.05) is 12.1 Å². The SMILES string of the molecule is CC1CCN(c2ccc(NC(=O)c3ccc(NC(=O)C4CC4)cc3)cc2)CC1. The van der Waals surface area contributed by atoms with E-state index >= 15 is 0 Å². The van der Waals surface area contributed by atoms with Crippen LogP contribution in [0.5, 0.6) is 0 Å². The zero-order valence-electron chi connectivity index (χ0n) is 16.3. The van der Waals surface area contributed by atoms with E-state index in [0.717, 1.165) is 43.2 Å². The van der Waals surface area contributed by atoms with Crippen LogP contribution < -0.4 is 15.5 Å². The number of carbonyl (C=O) groups excluding carboxylic acids is 2. The van der Waals surface area contributed by atoms with Gasteiger partial charge in [0.25, 0.3) is 5.91 Å². The van der Waals surface area contributed by atoms with Crippen LogP contribution in [0, 0.1) is 11.8 Å². The second-order valence-electron chi connectivity index (χ2n) is 8.01. The number of piperidine rings is 1. The molecule has 2 aromatic carbocycles. The lowest BCUT2D eigenvalue weighted by Crippen LogP contribution is -2.32. The molecule has 28 heavy (non-hydrogen) atoms. The second-order valence-corrected chi connectivity index (χ2v) is 8.01. The normalized spacial score (nSPS) is 17.2. The molecular formula is C23H27N3O2. The first-order valence-electron chi connectivity index (χ1n) is 10.2. The summed E-state index contributed by atoms with van der Waals surface area (Å²) in [5, 5.41) is 5.82. The van der Waals surface area contributed by atoms with E-state index < -0.39 is 0 Å². The van der Waals surface area contributed by atoms with Crippen molar-refractivity contribution in [2.24, 2.45) is 11.8 Å². The van der Waals surface area contributed by atoms with E-state index in [1.54, 1.807) is 24.3 Å². The fraction of sp³-hybridized carbons (Fsp3) is 0.391. The fourth-order valence-electron chi connectivity index (χ4n) is 3.52. The minimum absolute atomic E-state index is 0.0699. The molecule has 2 N–H and O–H groups in total. The lowest BCUT2D eigenvalue weighted by molar-refractivity contribution is -0.117. The highest BCUT2D eigenvalue weighted by atomic mass is 16.2. The van der Waals surface area contributed by atoms with Gasteiger partial charge in [0.05, 0.1) is 0 Å². The van der Waals surface area contributed by atoms with E-state index in [0.29, 0.717) is 5.56 Å². The lowest BCUT2D eigenvalue weighted by atomic mass is 9.99. The summed E-state index contributed by atoms with van der Waals surface area (Å²) in [4.78, 5) is 26.7. The van der Waals surface area contributed by atoms with Crippen LogP contribution in [0.25, 0.3) is 0 Å². The molecule has 0 atom stereocenters. The van der Waals surface area contributed by atoms with Crippen molar-refractivity contribution < 1.29 is 9.59 Å². The molecule has 1 aliphatic heterocycles. The Morgan fingerprint density at radius 3 is 2.00 bits per heavy atom. The Morgan fingerprint density at radius 1 is 0.821 bits per heavy atom. The molecule has 5 nitrogen and oxygen atoms in total. The number of hydrogen-bond donors (Lipinski definition) is 2. The Kier molecular flexibility index (Phi) is 5.33. The summed E-state index contributed by atoms with van der Waals surface area (Å²) in [7, 11) is 0. The van der Waals surface area contributed by atoms with Gasteiger partial charge in [-0.15, -0.1) is 0 Å². The van der Waals surface area contributed by atoms with Gasteiger partial charge >= 0.3 is 0 Å². The Bertz CT molecular complexity index is 833. The summed E-state index contributed by atoms with van der Waals surface area (Å²) < 4.78 is 0. The Labute approximate surface area is 166 Å². The standard InChI is InChI=1S/C23H27N3O2/c1-16-12-14-26(15-13-16)21-10-8-20(9-11-21)25-23(28)18-4-6-19(7-5-18)24-22(27)17-2-3-17/h4-11,16-17H,2-3,12-15H2,1H3,(H,24,27)(H,25,28). The summed E-state index contributed by atoms with van der Waals surface area (Å²) in [5.41, 5.74) is 3.29. The fourth-order valence-corrected chi connectivity index (χ4v) is 3.52. The van der Waals surface area contributed by atoms with Gasteiger partial charge in [-0.1, -0.05) is 6.92 Å². The van der Waals surface area contributed by atoms with Crippen molar-refractivity contribution in [3.63, 3.8) is 0 Å². The molecule has 2 aromatic rings. The molecule has 146 valence electrons. The van der Waals surface area contributed by atoms with Crippen LogP contribution in [-0.2, 0) is 4.79 Å². The number of rotatable bonds is 5. The zero-order chi connectivity index (χ0) is 19.5. The van der Waals surface area contributed by atoms with Crippen LogP contribution in [0.3, 0.4) is 0 Å². The lowest BCUT2D eigenvalue weighted by Gasteiger charge is -2.32. The summed E-state index contributed by atoms with van der Waals surface area (Å²) in [5.74, 6) is 0.891. The number of carbonyl (C=O) groups is 2. The van der Waals surface area contributed by atoms with Gasteiger partial charge in [-0.05, 0) is 80.1 Å². The summed E-state index contributed by atoms with van der Waals surface area (Å²) in [6, 6.07) is 15.1. The number of benzene rings is 2. The quantitative estimate of drug-likeness (QED) is 0.805. The van der Waals surface area contributed by atoms with Crippen LogP contribution in [0.2, 0.25) is 0 Å². The number of nitrogens with zero attached hydrogens (tertiary/aromatic N) is 1. The van der Waals surface area contributed by atoms with E-state index in [-0.39, 0.29) is 17.7 Å². The first-order chi connectivity index (χ1) is 13.6. The molecule has 2 fully saturated rings. The second kappa shape index (κ2) is 8.05. The van der Waals surface area contributed by atoms with Crippen molar-refractivity contribution in [2.45, 2.75) is 32.6 Å². The maximum absolute atomic E-state index is 12.5. The molecule has 0 unspecified atom stereocenters. The van der Waals surface area contributed by atoms with Gasteiger partial charge in [-0.2, -0.15) is 0 Å². The van der Waals surface area contributed by atoms with Crippen molar-refractivity contribution in [1.29, 1.82) is 0 Å². The van der Waals surface area contributed by atoms with Crippen molar-refractivity contribution in [2.75, 3.05) is 28.6 Å². The molecule has 1 saturated heterocycles. The molecule has 1 saturated carbocycles. The molecular weight excluding hydrogens is 350 g/mol. The molecule has 0 spiro atoms. The van der Waals surface area contributed by atoms with Crippen molar-refractivity contribution in [3.8, 4) is 0 Å². The topological polar surface area (TPSA) is 61.4 Å². The number of anilines is 3. The van der Waals surface area contributed by atoms with E-state index in [4.69, 9.17) is 0 Å². The minimum Gasteiger partial charge on any atom is -0.372 e. The average Bonchev–Trinajstić information content (AvgIpc) is 3.55. The smallest absolute Gasteiger partial charge is 0.255 e. The first-order valence-corrected chi connectivity index (χ1v) is 10.2. The van der Waals surface area contributed by atoms with Gasteiger partial charge in [-0.25, -0.2) is 0 Å². The molecule has 0 bridgehead atoms. The maximum atomic E-state index is 12.5. The first kappa shape index (κ1) is 18.5. The van der Waals surface area contributed by atoms with Gasteiger partial charge in [0.1, 0.15) is 0 Å². The third kappa shape index (κ3) is 4.53. The van der Waals surface area contributed by atoms with Crippen LogP contribution in [0.15, 0.2) is 48.5 Å². The predicted molar refractivity (Wildman–Crippen MR) is 113 cm³/mol. The average molecular weight is 377 g/mol. The van der Waals surface area contributed by atoms with Gasteiger partial charge in [0.15, 0.2) is 0 Å². The number of nitrogens with one attached hydrogen (secondary N) is 2. The Hall–Kier alpha value is -2.82. The molecule has 0 aromatic heterocycles. The van der Waals surface area contributed by atoms with Gasteiger partial charge in [-0.3, -0.25) is 9.59 Å². The largest absolute Gasteiger partial charge is 0.372 e. The van der Waals surface area contributed by atoms with Crippen molar-refractivity contribution >= 4 is 28.9 Å². The van der Waals surface area contributed by atoms with Crippen LogP contribution in [0.4, 0.5) is 17.1 Å². The molecule has 4 rings (SSSR count). The third-order valence-electron chi connectivity index (χ3n) is 5.64. The van der Waals surface area contributed by atoms with E-state index in [2.05, 4.69) is 34.6 Å². The predicted octanol–water partition coefficient (Wildman–Crippen LogP) is 4.52. The Morgan fingerprint density at radius 2 is 1.39 bits per heavy atom. The monoisotopic (exact) mass is 377 g/mol. The van der Waals surface area contributed by atoms with Crippen molar-refractivity contribution in [1.82, 2.24) is 0 Å². The molecule has 0 radical (unpaired) electrons. The molecule has 1 heterocycles. The zero-order valence-corrected chi connectivity index (χ0v) is 16.3. The van der Waals surface area contributed by atoms with Crippen LogP contribution in [-0.4, -0.2) is 24.9 Å². The molecule has 5 heteroatoms. The number of amides is 2. The van der Waals surface area contributed by atoms with Crippen LogP contribution >= 0.6 is 0 Å². The highest BCUT2D eigenvalue weighted by Gasteiger charge is 2.29. The Balaban J connectivity index is 1.33.